The van der Waals surface area contributed by atoms with Crippen LogP contribution in [0.15, 0.2) is 81.2 Å². The molecular formula is C24H22BrN3O5S. The van der Waals surface area contributed by atoms with Crippen molar-refractivity contribution in [3.63, 3.8) is 0 Å². The van der Waals surface area contributed by atoms with Crippen molar-refractivity contribution in [2.24, 2.45) is 5.10 Å². The summed E-state index contributed by atoms with van der Waals surface area (Å²) in [7, 11) is -3.83. The highest BCUT2D eigenvalue weighted by Gasteiger charge is 2.15. The third-order valence-electron chi connectivity index (χ3n) is 4.61. The van der Waals surface area contributed by atoms with Gasteiger partial charge in [0.2, 0.25) is 10.0 Å². The summed E-state index contributed by atoms with van der Waals surface area (Å²) in [5, 5.41) is 3.85. The first-order valence-corrected chi connectivity index (χ1v) is 12.4. The molecule has 10 heteroatoms. The Balaban J connectivity index is 1.62. The van der Waals surface area contributed by atoms with Gasteiger partial charge in [-0.15, -0.1) is 0 Å². The van der Waals surface area contributed by atoms with Crippen LogP contribution in [-0.4, -0.2) is 33.1 Å². The Morgan fingerprint density at radius 3 is 2.24 bits per heavy atom. The van der Waals surface area contributed by atoms with Gasteiger partial charge >= 0.3 is 5.97 Å². The Morgan fingerprint density at radius 1 is 0.971 bits per heavy atom. The predicted molar refractivity (Wildman–Crippen MR) is 132 cm³/mol. The van der Waals surface area contributed by atoms with Crippen LogP contribution in [0.1, 0.15) is 27.0 Å². The van der Waals surface area contributed by atoms with Gasteiger partial charge in [-0.1, -0.05) is 51.3 Å². The molecule has 3 aromatic rings. The van der Waals surface area contributed by atoms with Crippen LogP contribution < -0.4 is 14.9 Å². The van der Waals surface area contributed by atoms with Gasteiger partial charge < -0.3 is 4.74 Å². The summed E-state index contributed by atoms with van der Waals surface area (Å²) >= 11 is 3.34. The van der Waals surface area contributed by atoms with Crippen molar-refractivity contribution in [1.82, 2.24) is 10.1 Å². The molecule has 34 heavy (non-hydrogen) atoms. The van der Waals surface area contributed by atoms with E-state index in [1.807, 2.05) is 26.0 Å². The van der Waals surface area contributed by atoms with Gasteiger partial charge in [-0.3, -0.25) is 4.79 Å². The quantitative estimate of drug-likeness (QED) is 0.194. The first-order chi connectivity index (χ1) is 16.1. The minimum Gasteiger partial charge on any atom is -0.422 e. The minimum absolute atomic E-state index is 0.0589. The first kappa shape index (κ1) is 25.3. The summed E-state index contributed by atoms with van der Waals surface area (Å²) < 4.78 is 33.0. The van der Waals surface area contributed by atoms with Crippen molar-refractivity contribution in [2.45, 2.75) is 18.7 Å². The number of carbonyl (C=O) groups excluding carboxylic acids is 2. The summed E-state index contributed by atoms with van der Waals surface area (Å²) in [6.45, 7) is 3.26. The molecule has 0 radical (unpaired) electrons. The van der Waals surface area contributed by atoms with Crippen LogP contribution in [-0.2, 0) is 14.8 Å². The maximum atomic E-state index is 12.4. The Bertz CT molecular complexity index is 1320. The second-order valence-electron chi connectivity index (χ2n) is 7.37. The lowest BCUT2D eigenvalue weighted by atomic mass is 10.1. The highest BCUT2D eigenvalue weighted by molar-refractivity contribution is 9.10. The third kappa shape index (κ3) is 7.08. The van der Waals surface area contributed by atoms with Crippen molar-refractivity contribution in [3.05, 3.63) is 93.5 Å². The van der Waals surface area contributed by atoms with Gasteiger partial charge in [-0.05, 0) is 56.3 Å². The van der Waals surface area contributed by atoms with Crippen molar-refractivity contribution < 1.29 is 22.7 Å². The number of ether oxygens (including phenoxy) is 1. The molecule has 1 amide bonds. The van der Waals surface area contributed by atoms with E-state index in [-0.39, 0.29) is 10.6 Å². The molecule has 8 nitrogen and oxygen atoms in total. The molecule has 0 atom stereocenters. The molecule has 0 aliphatic rings. The molecule has 0 saturated carbocycles. The number of benzene rings is 3. The van der Waals surface area contributed by atoms with Gasteiger partial charge in [-0.25, -0.2) is 23.4 Å². The Labute approximate surface area is 206 Å². The predicted octanol–water partition coefficient (Wildman–Crippen LogP) is 3.71. The highest BCUT2D eigenvalue weighted by Crippen LogP contribution is 2.23. The zero-order chi connectivity index (χ0) is 24.7. The van der Waals surface area contributed by atoms with E-state index in [1.54, 1.807) is 42.5 Å². The van der Waals surface area contributed by atoms with E-state index < -0.39 is 28.4 Å². The molecule has 0 saturated heterocycles. The monoisotopic (exact) mass is 543 g/mol. The van der Waals surface area contributed by atoms with E-state index in [4.69, 9.17) is 4.74 Å². The average molecular weight is 544 g/mol. The van der Waals surface area contributed by atoms with E-state index in [2.05, 4.69) is 31.2 Å². The SMILES string of the molecule is Cc1ccc(C(=O)Oc2ccc(Br)cc2/C=N/NC(=O)CNS(=O)(=O)c2ccc(C)cc2)cc1. The Hall–Kier alpha value is -3.34. The van der Waals surface area contributed by atoms with Gasteiger partial charge in [0.15, 0.2) is 0 Å². The van der Waals surface area contributed by atoms with Gasteiger partial charge in [-0.2, -0.15) is 5.10 Å². The number of amides is 1. The minimum atomic E-state index is -3.83. The second kappa shape index (κ2) is 11.2. The van der Waals surface area contributed by atoms with Crippen molar-refractivity contribution in [1.29, 1.82) is 0 Å². The maximum Gasteiger partial charge on any atom is 0.343 e. The zero-order valence-electron chi connectivity index (χ0n) is 18.4. The first-order valence-electron chi connectivity index (χ1n) is 10.1. The number of hydrazone groups is 1. The molecule has 0 spiro atoms. The van der Waals surface area contributed by atoms with Crippen LogP contribution in [0.3, 0.4) is 0 Å². The number of aryl methyl sites for hydroxylation is 2. The lowest BCUT2D eigenvalue weighted by Crippen LogP contribution is -2.34. The van der Waals surface area contributed by atoms with E-state index in [0.29, 0.717) is 15.6 Å². The fraction of sp³-hybridized carbons (Fsp3) is 0.125. The number of carbonyl (C=O) groups is 2. The van der Waals surface area contributed by atoms with Crippen LogP contribution in [0.4, 0.5) is 0 Å². The molecule has 0 aliphatic heterocycles. The largest absolute Gasteiger partial charge is 0.422 e. The van der Waals surface area contributed by atoms with E-state index >= 15 is 0 Å². The van der Waals surface area contributed by atoms with Crippen LogP contribution >= 0.6 is 15.9 Å². The standard InChI is InChI=1S/C24H22BrN3O5S/c1-16-3-7-18(8-4-16)24(30)33-22-12-9-20(25)13-19(22)14-26-28-23(29)15-27-34(31,32)21-10-5-17(2)6-11-21/h3-14,27H,15H2,1-2H3,(H,28,29)/b26-14+. The van der Waals surface area contributed by atoms with Crippen molar-refractivity contribution in [3.8, 4) is 5.75 Å². The number of hydrogen-bond acceptors (Lipinski definition) is 6. The molecule has 0 fully saturated rings. The van der Waals surface area contributed by atoms with E-state index in [9.17, 15) is 18.0 Å². The Kier molecular flexibility index (Phi) is 8.32. The zero-order valence-corrected chi connectivity index (χ0v) is 20.8. The Morgan fingerprint density at radius 2 is 1.59 bits per heavy atom. The summed E-state index contributed by atoms with van der Waals surface area (Å²) in [6.07, 6.45) is 1.30. The summed E-state index contributed by atoms with van der Waals surface area (Å²) in [4.78, 5) is 24.6. The number of sulfonamides is 1. The van der Waals surface area contributed by atoms with Gasteiger partial charge in [0.25, 0.3) is 5.91 Å². The normalized spacial score (nSPS) is 11.4. The molecule has 0 aliphatic carbocycles. The molecular weight excluding hydrogens is 522 g/mol. The lowest BCUT2D eigenvalue weighted by Gasteiger charge is -2.08. The number of esters is 1. The molecule has 176 valence electrons. The van der Waals surface area contributed by atoms with E-state index in [0.717, 1.165) is 11.1 Å². The number of rotatable bonds is 8. The van der Waals surface area contributed by atoms with Crippen molar-refractivity contribution >= 4 is 44.0 Å². The molecule has 0 heterocycles. The van der Waals surface area contributed by atoms with Crippen LogP contribution in [0.5, 0.6) is 5.75 Å². The molecule has 0 unspecified atom stereocenters. The molecule has 0 aromatic heterocycles. The lowest BCUT2D eigenvalue weighted by molar-refractivity contribution is -0.119. The number of nitrogens with zero attached hydrogens (tertiary/aromatic N) is 1. The summed E-state index contributed by atoms with van der Waals surface area (Å²) in [5.41, 5.74) is 5.01. The third-order valence-corrected chi connectivity index (χ3v) is 6.52. The fourth-order valence-corrected chi connectivity index (χ4v) is 4.10. The van der Waals surface area contributed by atoms with Crippen LogP contribution in [0.2, 0.25) is 0 Å². The number of halogens is 1. The maximum absolute atomic E-state index is 12.4. The van der Waals surface area contributed by atoms with Gasteiger partial charge in [0, 0.05) is 10.0 Å². The molecule has 3 rings (SSSR count). The van der Waals surface area contributed by atoms with Crippen LogP contribution in [0.25, 0.3) is 0 Å². The summed E-state index contributed by atoms with van der Waals surface area (Å²) in [5.74, 6) is -0.960. The van der Waals surface area contributed by atoms with Gasteiger partial charge in [0.05, 0.1) is 23.2 Å². The fourth-order valence-electron chi connectivity index (χ4n) is 2.74. The van der Waals surface area contributed by atoms with Gasteiger partial charge in [0.1, 0.15) is 5.75 Å². The summed E-state index contributed by atoms with van der Waals surface area (Å²) in [6, 6.07) is 18.2. The average Bonchev–Trinajstić information content (AvgIpc) is 2.80. The topological polar surface area (TPSA) is 114 Å². The van der Waals surface area contributed by atoms with E-state index in [1.165, 1.54) is 18.3 Å². The smallest absolute Gasteiger partial charge is 0.343 e. The van der Waals surface area contributed by atoms with Crippen LogP contribution in [0, 0.1) is 13.8 Å². The number of nitrogens with one attached hydrogen (secondary N) is 2. The number of hydrogen-bond donors (Lipinski definition) is 2. The molecule has 2 N–H and O–H groups in total. The second-order valence-corrected chi connectivity index (χ2v) is 10.1. The highest BCUT2D eigenvalue weighted by atomic mass is 79.9. The van der Waals surface area contributed by atoms with Crippen molar-refractivity contribution in [2.75, 3.05) is 6.54 Å². The molecule has 3 aromatic carbocycles. The molecule has 0 bridgehead atoms.